The zero-order chi connectivity index (χ0) is 30.1. The van der Waals surface area contributed by atoms with E-state index in [1.54, 1.807) is 52.0 Å². The number of carbonyl (C=O) groups is 1. The Morgan fingerprint density at radius 2 is 1.76 bits per heavy atom. The van der Waals surface area contributed by atoms with Crippen LogP contribution in [0.1, 0.15) is 63.4 Å². The third-order valence-electron chi connectivity index (χ3n) is 5.91. The molecule has 11 heteroatoms. The van der Waals surface area contributed by atoms with E-state index in [0.717, 1.165) is 18.2 Å². The van der Waals surface area contributed by atoms with Crippen molar-refractivity contribution >= 4 is 11.7 Å². The Kier molecular flexibility index (Phi) is 7.99. The Labute approximate surface area is 235 Å². The molecule has 0 unspecified atom stereocenters. The fourth-order valence-corrected chi connectivity index (χ4v) is 4.27. The lowest BCUT2D eigenvalue weighted by atomic mass is 9.95. The topological polar surface area (TPSA) is 122 Å². The normalized spacial score (nSPS) is 12.5. The van der Waals surface area contributed by atoms with Crippen molar-refractivity contribution < 1.29 is 23.4 Å². The molecule has 9 nitrogen and oxygen atoms in total. The first-order valence-corrected chi connectivity index (χ1v) is 12.9. The lowest BCUT2D eigenvalue weighted by Gasteiger charge is -2.25. The second-order valence-electron chi connectivity index (χ2n) is 11.2. The van der Waals surface area contributed by atoms with E-state index in [1.165, 1.54) is 18.2 Å². The van der Waals surface area contributed by atoms with Gasteiger partial charge in [-0.15, -0.1) is 0 Å². The minimum atomic E-state index is -1.30. The van der Waals surface area contributed by atoms with Crippen LogP contribution in [0.15, 0.2) is 47.3 Å². The summed E-state index contributed by atoms with van der Waals surface area (Å²) >= 11 is 0. The zero-order valence-electron chi connectivity index (χ0n) is 23.6. The highest BCUT2D eigenvalue weighted by Gasteiger charge is 2.27. The minimum absolute atomic E-state index is 0.123. The number of ether oxygens (including phenoxy) is 1. The minimum Gasteiger partial charge on any atom is -0.439 e. The van der Waals surface area contributed by atoms with Gasteiger partial charge in [-0.05, 0) is 89.4 Å². The molecule has 1 aromatic carbocycles. The summed E-state index contributed by atoms with van der Waals surface area (Å²) in [6.45, 7) is 10.1. The van der Waals surface area contributed by atoms with Crippen LogP contribution in [0, 0.1) is 30.4 Å². The summed E-state index contributed by atoms with van der Waals surface area (Å²) in [5.74, 6) is 3.97. The molecule has 3 heterocycles. The standard InChI is InChI=1S/C30H31F2N5O4/c1-17-22(9-10-25-35-36-27(38)37(17)25)23-8-7-21(11-12-30(5,6)40)33-26(23)24(41-28(39)34-29(2,3)4)15-18-13-19(31)16-20(32)14-18/h7-10,13-14,16,24,40H,15H2,1-6H3,(H,34,39)(H,36,38)/t24-/m0/s1. The first-order chi connectivity index (χ1) is 19.1. The average Bonchev–Trinajstić information content (AvgIpc) is 3.22. The number of fused-ring (bicyclic) bond motifs is 1. The van der Waals surface area contributed by atoms with E-state index < -0.39 is 40.7 Å². The second-order valence-corrected chi connectivity index (χ2v) is 11.2. The Balaban J connectivity index is 1.94. The molecule has 3 aromatic heterocycles. The molecule has 0 aliphatic heterocycles. The third-order valence-corrected chi connectivity index (χ3v) is 5.91. The lowest BCUT2D eigenvalue weighted by molar-refractivity contribution is 0.0891. The van der Waals surface area contributed by atoms with Crippen molar-refractivity contribution in [3.8, 4) is 23.0 Å². The fraction of sp³-hybridized carbons (Fsp3) is 0.333. The number of pyridine rings is 2. The number of aromatic nitrogens is 4. The Hall–Kier alpha value is -4.56. The number of aliphatic hydroxyl groups is 1. The van der Waals surface area contributed by atoms with Crippen LogP contribution >= 0.6 is 0 Å². The number of aromatic amines is 1. The van der Waals surface area contributed by atoms with Crippen molar-refractivity contribution in [3.05, 3.63) is 87.2 Å². The summed E-state index contributed by atoms with van der Waals surface area (Å²) in [6.07, 6.45) is -2.02. The summed E-state index contributed by atoms with van der Waals surface area (Å²) in [7, 11) is 0. The number of halogens is 2. The predicted molar refractivity (Wildman–Crippen MR) is 149 cm³/mol. The molecule has 214 valence electrons. The number of benzene rings is 1. The number of nitrogens with one attached hydrogen (secondary N) is 2. The Bertz CT molecular complexity index is 1720. The van der Waals surface area contributed by atoms with Gasteiger partial charge in [-0.25, -0.2) is 32.9 Å². The lowest BCUT2D eigenvalue weighted by Crippen LogP contribution is -2.41. The smallest absolute Gasteiger partial charge is 0.408 e. The molecule has 41 heavy (non-hydrogen) atoms. The molecular formula is C30H31F2N5O4. The maximum atomic E-state index is 14.1. The quantitative estimate of drug-likeness (QED) is 0.305. The maximum Gasteiger partial charge on any atom is 0.408 e. The number of alkyl carbamates (subject to hydrolysis) is 1. The molecule has 0 saturated heterocycles. The van der Waals surface area contributed by atoms with Gasteiger partial charge in [-0.1, -0.05) is 5.92 Å². The zero-order valence-corrected chi connectivity index (χ0v) is 23.6. The molecule has 4 rings (SSSR count). The summed E-state index contributed by atoms with van der Waals surface area (Å²) in [5, 5.41) is 19.3. The largest absolute Gasteiger partial charge is 0.439 e. The molecule has 1 atom stereocenters. The summed E-state index contributed by atoms with van der Waals surface area (Å²) in [4.78, 5) is 30.1. The van der Waals surface area contributed by atoms with Gasteiger partial charge in [0.2, 0.25) is 0 Å². The molecular weight excluding hydrogens is 532 g/mol. The van der Waals surface area contributed by atoms with E-state index in [0.29, 0.717) is 22.5 Å². The van der Waals surface area contributed by atoms with Crippen molar-refractivity contribution in [3.63, 3.8) is 0 Å². The molecule has 0 fully saturated rings. The molecule has 1 amide bonds. The van der Waals surface area contributed by atoms with Crippen LogP contribution in [0.5, 0.6) is 0 Å². The SMILES string of the molecule is Cc1c(-c2ccc(C#CC(C)(C)O)nc2[C@H](Cc2cc(F)cc(F)c2)OC(=O)NC(C)(C)C)ccc2n[nH]c(=O)n12. The Morgan fingerprint density at radius 3 is 2.39 bits per heavy atom. The highest BCUT2D eigenvalue weighted by Crippen LogP contribution is 2.34. The van der Waals surface area contributed by atoms with Gasteiger partial charge in [0, 0.05) is 34.8 Å². The van der Waals surface area contributed by atoms with Crippen molar-refractivity contribution in [2.45, 2.75) is 65.2 Å². The van der Waals surface area contributed by atoms with Gasteiger partial charge in [-0.2, -0.15) is 5.10 Å². The van der Waals surface area contributed by atoms with Gasteiger partial charge in [0.05, 0.1) is 5.69 Å². The molecule has 0 bridgehead atoms. The van der Waals surface area contributed by atoms with Crippen molar-refractivity contribution in [2.24, 2.45) is 0 Å². The van der Waals surface area contributed by atoms with Crippen LogP contribution in [0.2, 0.25) is 0 Å². The number of aryl methyl sites for hydroxylation is 1. The van der Waals surface area contributed by atoms with Gasteiger partial charge in [0.1, 0.15) is 22.9 Å². The maximum absolute atomic E-state index is 14.1. The molecule has 0 radical (unpaired) electrons. The monoisotopic (exact) mass is 563 g/mol. The van der Waals surface area contributed by atoms with Crippen LogP contribution in [0.3, 0.4) is 0 Å². The van der Waals surface area contributed by atoms with E-state index in [9.17, 15) is 23.5 Å². The predicted octanol–water partition coefficient (Wildman–Crippen LogP) is 4.60. The average molecular weight is 564 g/mol. The van der Waals surface area contributed by atoms with E-state index in [2.05, 4.69) is 32.3 Å². The number of carbonyl (C=O) groups excluding carboxylic acids is 1. The molecule has 0 aliphatic rings. The molecule has 0 saturated carbocycles. The van der Waals surface area contributed by atoms with Crippen LogP contribution in [0.25, 0.3) is 16.8 Å². The van der Waals surface area contributed by atoms with Gasteiger partial charge < -0.3 is 15.2 Å². The van der Waals surface area contributed by atoms with Gasteiger partial charge in [-0.3, -0.25) is 0 Å². The van der Waals surface area contributed by atoms with Crippen molar-refractivity contribution in [2.75, 3.05) is 0 Å². The number of hydrogen-bond donors (Lipinski definition) is 3. The first kappa shape index (κ1) is 29.4. The number of H-pyrrole nitrogens is 1. The highest BCUT2D eigenvalue weighted by molar-refractivity contribution is 5.72. The van der Waals surface area contributed by atoms with Crippen LogP contribution in [0.4, 0.5) is 13.6 Å². The van der Waals surface area contributed by atoms with Crippen LogP contribution in [-0.4, -0.2) is 41.9 Å². The van der Waals surface area contributed by atoms with E-state index in [1.807, 2.05) is 0 Å². The van der Waals surface area contributed by atoms with Crippen LogP contribution < -0.4 is 11.0 Å². The Morgan fingerprint density at radius 1 is 1.10 bits per heavy atom. The van der Waals surface area contributed by atoms with E-state index >= 15 is 0 Å². The second kappa shape index (κ2) is 11.1. The summed E-state index contributed by atoms with van der Waals surface area (Å²) < 4.78 is 35.5. The van der Waals surface area contributed by atoms with Gasteiger partial charge in [0.15, 0.2) is 11.8 Å². The molecule has 3 N–H and O–H groups in total. The fourth-order valence-electron chi connectivity index (χ4n) is 4.27. The summed E-state index contributed by atoms with van der Waals surface area (Å²) in [6, 6.07) is 9.80. The third kappa shape index (κ3) is 7.35. The number of nitrogens with zero attached hydrogens (tertiary/aromatic N) is 3. The van der Waals surface area contributed by atoms with Gasteiger partial charge >= 0.3 is 11.8 Å². The molecule has 4 aromatic rings. The number of hydrogen-bond acceptors (Lipinski definition) is 6. The first-order valence-electron chi connectivity index (χ1n) is 12.9. The summed E-state index contributed by atoms with van der Waals surface area (Å²) in [5.41, 5.74) is 0.390. The van der Waals surface area contributed by atoms with E-state index in [4.69, 9.17) is 4.74 Å². The van der Waals surface area contributed by atoms with Crippen molar-refractivity contribution in [1.82, 2.24) is 24.9 Å². The van der Waals surface area contributed by atoms with Crippen molar-refractivity contribution in [1.29, 1.82) is 0 Å². The van der Waals surface area contributed by atoms with Gasteiger partial charge in [0.25, 0.3) is 0 Å². The van der Waals surface area contributed by atoms with E-state index in [-0.39, 0.29) is 23.4 Å². The number of rotatable bonds is 5. The van der Waals surface area contributed by atoms with Crippen LogP contribution in [-0.2, 0) is 11.2 Å². The molecule has 0 spiro atoms. The highest BCUT2D eigenvalue weighted by atomic mass is 19.1. The molecule has 0 aliphatic carbocycles. The number of amides is 1.